The van der Waals surface area contributed by atoms with E-state index in [2.05, 4.69) is 15.9 Å². The van der Waals surface area contributed by atoms with Crippen molar-refractivity contribution in [2.45, 2.75) is 31.1 Å². The summed E-state index contributed by atoms with van der Waals surface area (Å²) in [7, 11) is 1.41. The van der Waals surface area contributed by atoms with Crippen molar-refractivity contribution < 1.29 is 14.2 Å². The van der Waals surface area contributed by atoms with Gasteiger partial charge in [0.2, 0.25) is 0 Å². The number of ether oxygens (including phenoxy) is 1. The summed E-state index contributed by atoms with van der Waals surface area (Å²) < 4.78 is 19.2. The number of benzene rings is 1. The summed E-state index contributed by atoms with van der Waals surface area (Å²) in [6.45, 7) is 0.395. The highest BCUT2D eigenvalue weighted by molar-refractivity contribution is 9.10. The normalized spacial score (nSPS) is 18.0. The Labute approximate surface area is 114 Å². The molecule has 100 valence electrons. The van der Waals surface area contributed by atoms with Crippen LogP contribution in [-0.4, -0.2) is 18.8 Å². The minimum atomic E-state index is -0.431. The summed E-state index contributed by atoms with van der Waals surface area (Å²) in [5, 5.41) is 10.3. The first-order valence-corrected chi connectivity index (χ1v) is 6.80. The van der Waals surface area contributed by atoms with Crippen LogP contribution in [0.15, 0.2) is 10.5 Å². The molecule has 0 atom stereocenters. The molecule has 0 spiro atoms. The van der Waals surface area contributed by atoms with Crippen molar-refractivity contribution in [2.75, 3.05) is 13.7 Å². The molecule has 0 heterocycles. The summed E-state index contributed by atoms with van der Waals surface area (Å²) >= 11 is 3.23. The second kappa shape index (κ2) is 5.05. The minimum Gasteiger partial charge on any atom is -0.504 e. The van der Waals surface area contributed by atoms with E-state index in [0.29, 0.717) is 16.6 Å². The van der Waals surface area contributed by atoms with Gasteiger partial charge >= 0.3 is 0 Å². The van der Waals surface area contributed by atoms with Crippen LogP contribution in [0.4, 0.5) is 4.39 Å². The molecule has 1 aliphatic rings. The number of halogens is 2. The first kappa shape index (κ1) is 13.6. The smallest absolute Gasteiger partial charge is 0.163 e. The average Bonchev–Trinajstić information content (AvgIpc) is 2.84. The van der Waals surface area contributed by atoms with Crippen LogP contribution < -0.4 is 10.5 Å². The summed E-state index contributed by atoms with van der Waals surface area (Å²) in [6, 6.07) is 1.18. The average molecular weight is 318 g/mol. The molecule has 1 aromatic carbocycles. The molecule has 0 radical (unpaired) electrons. The van der Waals surface area contributed by atoms with Gasteiger partial charge in [-0.2, -0.15) is 0 Å². The number of hydrogen-bond donors (Lipinski definition) is 2. The maximum atomic E-state index is 13.9. The molecule has 2 rings (SSSR count). The Morgan fingerprint density at radius 1 is 1.50 bits per heavy atom. The zero-order valence-electron chi connectivity index (χ0n) is 10.3. The Bertz CT molecular complexity index is 459. The number of aromatic hydroxyl groups is 1. The molecule has 3 N–H and O–H groups in total. The van der Waals surface area contributed by atoms with Crippen molar-refractivity contribution >= 4 is 15.9 Å². The number of nitrogens with two attached hydrogens (primary N) is 1. The van der Waals surface area contributed by atoms with Gasteiger partial charge < -0.3 is 15.6 Å². The molecule has 1 saturated carbocycles. The predicted molar refractivity (Wildman–Crippen MR) is 71.5 cm³/mol. The molecule has 0 bridgehead atoms. The molecule has 0 amide bonds. The third-order valence-corrected chi connectivity index (χ3v) is 4.63. The lowest BCUT2D eigenvalue weighted by Crippen LogP contribution is -2.32. The zero-order chi connectivity index (χ0) is 13.3. The minimum absolute atomic E-state index is 0.00174. The van der Waals surface area contributed by atoms with E-state index in [1.54, 1.807) is 0 Å². The highest BCUT2D eigenvalue weighted by Crippen LogP contribution is 2.50. The van der Waals surface area contributed by atoms with Crippen LogP contribution in [0.25, 0.3) is 0 Å². The second-order valence-electron chi connectivity index (χ2n) is 4.79. The standard InChI is InChI=1S/C13H17BrFNO2/c1-18-9-6-8(15)11(14)10(12(9)17)13(7-16)4-2-3-5-13/h6,17H,2-5,7,16H2,1H3. The zero-order valence-corrected chi connectivity index (χ0v) is 11.9. The van der Waals surface area contributed by atoms with E-state index in [-0.39, 0.29) is 16.9 Å². The van der Waals surface area contributed by atoms with Crippen molar-refractivity contribution in [1.29, 1.82) is 0 Å². The summed E-state index contributed by atoms with van der Waals surface area (Å²) in [5.74, 6) is -0.275. The molecule has 3 nitrogen and oxygen atoms in total. The SMILES string of the molecule is COc1cc(F)c(Br)c(C2(CN)CCCC2)c1O. The molecular weight excluding hydrogens is 301 g/mol. The molecule has 0 saturated heterocycles. The quantitative estimate of drug-likeness (QED) is 0.900. The molecule has 0 unspecified atom stereocenters. The van der Waals surface area contributed by atoms with E-state index < -0.39 is 5.82 Å². The van der Waals surface area contributed by atoms with E-state index in [1.165, 1.54) is 13.2 Å². The van der Waals surface area contributed by atoms with Gasteiger partial charge in [-0.3, -0.25) is 0 Å². The van der Waals surface area contributed by atoms with Crippen LogP contribution in [-0.2, 0) is 5.41 Å². The lowest BCUT2D eigenvalue weighted by Gasteiger charge is -2.30. The summed E-state index contributed by atoms with van der Waals surface area (Å²) in [6.07, 6.45) is 3.81. The molecular formula is C13H17BrFNO2. The lowest BCUT2D eigenvalue weighted by molar-refractivity contribution is 0.349. The predicted octanol–water partition coefficient (Wildman–Crippen LogP) is 3.07. The maximum Gasteiger partial charge on any atom is 0.163 e. The van der Waals surface area contributed by atoms with Crippen molar-refractivity contribution in [2.24, 2.45) is 5.73 Å². The van der Waals surface area contributed by atoms with E-state index in [4.69, 9.17) is 10.5 Å². The van der Waals surface area contributed by atoms with E-state index in [0.717, 1.165) is 25.7 Å². The fourth-order valence-corrected chi connectivity index (χ4v) is 3.56. The number of hydrogen-bond acceptors (Lipinski definition) is 3. The Morgan fingerprint density at radius 3 is 2.61 bits per heavy atom. The number of phenols is 1. The van der Waals surface area contributed by atoms with Crippen molar-refractivity contribution in [3.8, 4) is 11.5 Å². The van der Waals surface area contributed by atoms with Crippen LogP contribution in [0.2, 0.25) is 0 Å². The third kappa shape index (κ3) is 1.99. The van der Waals surface area contributed by atoms with Gasteiger partial charge in [0, 0.05) is 23.6 Å². The van der Waals surface area contributed by atoms with Crippen LogP contribution in [0, 0.1) is 5.82 Å². The van der Waals surface area contributed by atoms with E-state index in [1.807, 2.05) is 0 Å². The molecule has 0 aliphatic heterocycles. The van der Waals surface area contributed by atoms with Gasteiger partial charge in [0.25, 0.3) is 0 Å². The monoisotopic (exact) mass is 317 g/mol. The first-order chi connectivity index (χ1) is 8.55. The lowest BCUT2D eigenvalue weighted by atomic mass is 9.78. The van der Waals surface area contributed by atoms with Crippen molar-refractivity contribution in [3.63, 3.8) is 0 Å². The number of methoxy groups -OCH3 is 1. The fourth-order valence-electron chi connectivity index (χ4n) is 2.84. The molecule has 0 aromatic heterocycles. The molecule has 1 aromatic rings. The highest BCUT2D eigenvalue weighted by atomic mass is 79.9. The van der Waals surface area contributed by atoms with Crippen LogP contribution in [0.3, 0.4) is 0 Å². The molecule has 1 fully saturated rings. The van der Waals surface area contributed by atoms with E-state index in [9.17, 15) is 9.50 Å². The van der Waals surface area contributed by atoms with Gasteiger partial charge in [0.1, 0.15) is 5.82 Å². The van der Waals surface area contributed by atoms with Crippen LogP contribution in [0.1, 0.15) is 31.2 Å². The van der Waals surface area contributed by atoms with Gasteiger partial charge in [0.15, 0.2) is 11.5 Å². The highest BCUT2D eigenvalue weighted by Gasteiger charge is 2.39. The van der Waals surface area contributed by atoms with Gasteiger partial charge in [-0.05, 0) is 28.8 Å². The topological polar surface area (TPSA) is 55.5 Å². The summed E-state index contributed by atoms with van der Waals surface area (Å²) in [4.78, 5) is 0. The number of rotatable bonds is 3. The van der Waals surface area contributed by atoms with Gasteiger partial charge in [-0.25, -0.2) is 4.39 Å². The maximum absolute atomic E-state index is 13.9. The van der Waals surface area contributed by atoms with Gasteiger partial charge in [-0.15, -0.1) is 0 Å². The van der Waals surface area contributed by atoms with Gasteiger partial charge in [-0.1, -0.05) is 12.8 Å². The van der Waals surface area contributed by atoms with Crippen LogP contribution in [0.5, 0.6) is 11.5 Å². The summed E-state index contributed by atoms with van der Waals surface area (Å²) in [5.41, 5.74) is 6.09. The van der Waals surface area contributed by atoms with Crippen molar-refractivity contribution in [3.05, 3.63) is 21.9 Å². The largest absolute Gasteiger partial charge is 0.504 e. The molecule has 1 aliphatic carbocycles. The van der Waals surface area contributed by atoms with Gasteiger partial charge in [0.05, 0.1) is 11.6 Å². The first-order valence-electron chi connectivity index (χ1n) is 6.01. The third-order valence-electron chi connectivity index (χ3n) is 3.86. The molecule has 18 heavy (non-hydrogen) atoms. The number of phenolic OH excluding ortho intramolecular Hbond substituents is 1. The Kier molecular flexibility index (Phi) is 3.82. The Morgan fingerprint density at radius 2 is 2.11 bits per heavy atom. The fraction of sp³-hybridized carbons (Fsp3) is 0.538. The Balaban J connectivity index is 2.65. The van der Waals surface area contributed by atoms with Crippen LogP contribution >= 0.6 is 15.9 Å². The molecule has 5 heteroatoms. The Hall–Kier alpha value is -0.810. The second-order valence-corrected chi connectivity index (χ2v) is 5.58. The van der Waals surface area contributed by atoms with Crippen molar-refractivity contribution in [1.82, 2.24) is 0 Å². The van der Waals surface area contributed by atoms with E-state index >= 15 is 0 Å².